The molecule has 0 radical (unpaired) electrons. The van der Waals surface area contributed by atoms with Gasteiger partial charge in [-0.3, -0.25) is 4.79 Å². The third-order valence-electron chi connectivity index (χ3n) is 2.65. The summed E-state index contributed by atoms with van der Waals surface area (Å²) in [4.78, 5) is 13.5. The van der Waals surface area contributed by atoms with Crippen LogP contribution in [0, 0.1) is 6.92 Å². The third kappa shape index (κ3) is 4.57. The standard InChI is InChI=1S/C14H21NO2/c1-11-7-5-6-8-12(11)9-13(16)15(4)10-14(2,3)17/h5-8,17H,9-10H2,1-4H3. The Morgan fingerprint density at radius 3 is 2.47 bits per heavy atom. The molecule has 3 nitrogen and oxygen atoms in total. The minimum atomic E-state index is -0.851. The maximum atomic E-state index is 12.0. The highest BCUT2D eigenvalue weighted by atomic mass is 16.3. The van der Waals surface area contributed by atoms with Crippen molar-refractivity contribution in [3.05, 3.63) is 35.4 Å². The summed E-state index contributed by atoms with van der Waals surface area (Å²) in [5, 5.41) is 9.66. The Morgan fingerprint density at radius 1 is 1.35 bits per heavy atom. The van der Waals surface area contributed by atoms with E-state index in [1.54, 1.807) is 25.8 Å². The van der Waals surface area contributed by atoms with Crippen molar-refractivity contribution >= 4 is 5.91 Å². The molecule has 94 valence electrons. The lowest BCUT2D eigenvalue weighted by molar-refractivity contribution is -0.131. The highest BCUT2D eigenvalue weighted by molar-refractivity contribution is 5.78. The molecule has 0 unspecified atom stereocenters. The molecule has 0 heterocycles. The number of carbonyl (C=O) groups is 1. The number of hydrogen-bond donors (Lipinski definition) is 1. The van der Waals surface area contributed by atoms with Gasteiger partial charge in [0.2, 0.25) is 5.91 Å². The molecule has 0 atom stereocenters. The van der Waals surface area contributed by atoms with Gasteiger partial charge in [0.15, 0.2) is 0 Å². The van der Waals surface area contributed by atoms with E-state index in [-0.39, 0.29) is 5.91 Å². The van der Waals surface area contributed by atoms with E-state index >= 15 is 0 Å². The Morgan fingerprint density at radius 2 is 1.94 bits per heavy atom. The van der Waals surface area contributed by atoms with Crippen LogP contribution in [0.25, 0.3) is 0 Å². The van der Waals surface area contributed by atoms with E-state index in [0.29, 0.717) is 13.0 Å². The van der Waals surface area contributed by atoms with Crippen LogP contribution in [0.2, 0.25) is 0 Å². The zero-order valence-electron chi connectivity index (χ0n) is 11.0. The fourth-order valence-corrected chi connectivity index (χ4v) is 1.77. The fourth-order valence-electron chi connectivity index (χ4n) is 1.77. The number of hydrogen-bond acceptors (Lipinski definition) is 2. The van der Waals surface area contributed by atoms with Gasteiger partial charge in [0.05, 0.1) is 12.0 Å². The summed E-state index contributed by atoms with van der Waals surface area (Å²) in [6, 6.07) is 7.86. The third-order valence-corrected chi connectivity index (χ3v) is 2.65. The smallest absolute Gasteiger partial charge is 0.226 e. The number of aryl methyl sites for hydroxylation is 1. The Hall–Kier alpha value is -1.35. The van der Waals surface area contributed by atoms with Gasteiger partial charge in [0.25, 0.3) is 0 Å². The van der Waals surface area contributed by atoms with Gasteiger partial charge in [-0.1, -0.05) is 24.3 Å². The van der Waals surface area contributed by atoms with Crippen LogP contribution >= 0.6 is 0 Å². The first-order chi connectivity index (χ1) is 7.79. The van der Waals surface area contributed by atoms with Gasteiger partial charge in [-0.25, -0.2) is 0 Å². The molecule has 1 rings (SSSR count). The second-order valence-electron chi connectivity index (χ2n) is 5.17. The summed E-state index contributed by atoms with van der Waals surface area (Å²) in [5.41, 5.74) is 1.31. The number of carbonyl (C=O) groups excluding carboxylic acids is 1. The second kappa shape index (κ2) is 5.32. The largest absolute Gasteiger partial charge is 0.389 e. The summed E-state index contributed by atoms with van der Waals surface area (Å²) < 4.78 is 0. The number of amides is 1. The Balaban J connectivity index is 2.64. The molecule has 0 bridgehead atoms. The molecule has 1 aromatic rings. The molecule has 3 heteroatoms. The summed E-state index contributed by atoms with van der Waals surface area (Å²) in [5.74, 6) is 0.0291. The quantitative estimate of drug-likeness (QED) is 0.864. The monoisotopic (exact) mass is 235 g/mol. The van der Waals surface area contributed by atoms with Crippen LogP contribution in [0.3, 0.4) is 0 Å². The van der Waals surface area contributed by atoms with Crippen molar-refractivity contribution in [3.8, 4) is 0 Å². The van der Waals surface area contributed by atoms with Crippen LogP contribution in [0.5, 0.6) is 0 Å². The maximum absolute atomic E-state index is 12.0. The van der Waals surface area contributed by atoms with E-state index in [2.05, 4.69) is 0 Å². The second-order valence-corrected chi connectivity index (χ2v) is 5.17. The van der Waals surface area contributed by atoms with E-state index < -0.39 is 5.60 Å². The van der Waals surface area contributed by atoms with E-state index in [1.807, 2.05) is 31.2 Å². The van der Waals surface area contributed by atoms with Crippen LogP contribution in [0.4, 0.5) is 0 Å². The zero-order chi connectivity index (χ0) is 13.1. The number of nitrogens with zero attached hydrogens (tertiary/aromatic N) is 1. The van der Waals surface area contributed by atoms with Crippen molar-refractivity contribution in [2.24, 2.45) is 0 Å². The predicted molar refractivity (Wildman–Crippen MR) is 68.8 cm³/mol. The van der Waals surface area contributed by atoms with Crippen LogP contribution in [0.1, 0.15) is 25.0 Å². The van der Waals surface area contributed by atoms with Crippen LogP contribution in [-0.2, 0) is 11.2 Å². The molecule has 0 aromatic heterocycles. The minimum absolute atomic E-state index is 0.0291. The lowest BCUT2D eigenvalue weighted by atomic mass is 10.0. The van der Waals surface area contributed by atoms with E-state index in [4.69, 9.17) is 0 Å². The van der Waals surface area contributed by atoms with Crippen LogP contribution < -0.4 is 0 Å². The summed E-state index contributed by atoms with van der Waals surface area (Å²) in [7, 11) is 1.72. The van der Waals surface area contributed by atoms with Gasteiger partial charge in [0.1, 0.15) is 0 Å². The fraction of sp³-hybridized carbons (Fsp3) is 0.500. The van der Waals surface area contributed by atoms with Gasteiger partial charge in [-0.2, -0.15) is 0 Å². The average Bonchev–Trinajstić information content (AvgIpc) is 2.18. The lowest BCUT2D eigenvalue weighted by Crippen LogP contribution is -2.40. The Labute approximate surface area is 103 Å². The molecule has 1 amide bonds. The van der Waals surface area contributed by atoms with Crippen LogP contribution in [0.15, 0.2) is 24.3 Å². The highest BCUT2D eigenvalue weighted by Crippen LogP contribution is 2.10. The van der Waals surface area contributed by atoms with Crippen molar-refractivity contribution < 1.29 is 9.90 Å². The maximum Gasteiger partial charge on any atom is 0.226 e. The van der Waals surface area contributed by atoms with Crippen molar-refractivity contribution in [3.63, 3.8) is 0 Å². The molecule has 1 aromatic carbocycles. The van der Waals surface area contributed by atoms with Gasteiger partial charge in [0, 0.05) is 13.6 Å². The van der Waals surface area contributed by atoms with E-state index in [0.717, 1.165) is 11.1 Å². The molecule has 17 heavy (non-hydrogen) atoms. The van der Waals surface area contributed by atoms with Gasteiger partial charge >= 0.3 is 0 Å². The summed E-state index contributed by atoms with van der Waals surface area (Å²) in [6.07, 6.45) is 0.388. The average molecular weight is 235 g/mol. The predicted octanol–water partition coefficient (Wildman–Crippen LogP) is 1.77. The lowest BCUT2D eigenvalue weighted by Gasteiger charge is -2.25. The molecular formula is C14H21NO2. The topological polar surface area (TPSA) is 40.5 Å². The molecule has 0 saturated carbocycles. The van der Waals surface area contributed by atoms with Crippen molar-refractivity contribution in [1.29, 1.82) is 0 Å². The van der Waals surface area contributed by atoms with E-state index in [1.165, 1.54) is 0 Å². The van der Waals surface area contributed by atoms with Crippen molar-refractivity contribution in [1.82, 2.24) is 4.90 Å². The first-order valence-corrected chi connectivity index (χ1v) is 5.80. The first kappa shape index (κ1) is 13.7. The summed E-state index contributed by atoms with van der Waals surface area (Å²) in [6.45, 7) is 5.74. The molecule has 0 aliphatic carbocycles. The summed E-state index contributed by atoms with van der Waals surface area (Å²) >= 11 is 0. The minimum Gasteiger partial charge on any atom is -0.389 e. The molecule has 0 aliphatic rings. The van der Waals surface area contributed by atoms with Gasteiger partial charge < -0.3 is 10.0 Å². The number of rotatable bonds is 4. The van der Waals surface area contributed by atoms with Gasteiger partial charge in [-0.05, 0) is 31.9 Å². The van der Waals surface area contributed by atoms with Crippen molar-refractivity contribution in [2.75, 3.05) is 13.6 Å². The molecule has 0 spiro atoms. The number of benzene rings is 1. The molecule has 0 aliphatic heterocycles. The number of aliphatic hydroxyl groups is 1. The highest BCUT2D eigenvalue weighted by Gasteiger charge is 2.19. The van der Waals surface area contributed by atoms with Crippen LogP contribution in [-0.4, -0.2) is 35.1 Å². The van der Waals surface area contributed by atoms with Gasteiger partial charge in [-0.15, -0.1) is 0 Å². The molecule has 0 fully saturated rings. The van der Waals surface area contributed by atoms with Crippen molar-refractivity contribution in [2.45, 2.75) is 32.8 Å². The Bertz CT molecular complexity index is 393. The SMILES string of the molecule is Cc1ccccc1CC(=O)N(C)CC(C)(C)O. The molecule has 0 saturated heterocycles. The first-order valence-electron chi connectivity index (χ1n) is 5.80. The Kier molecular flexibility index (Phi) is 4.29. The number of likely N-dealkylation sites (N-methyl/N-ethyl adjacent to an activating group) is 1. The van der Waals surface area contributed by atoms with E-state index in [9.17, 15) is 9.90 Å². The normalized spacial score (nSPS) is 11.4. The molecular weight excluding hydrogens is 214 g/mol. The molecule has 1 N–H and O–H groups in total. The zero-order valence-corrected chi connectivity index (χ0v) is 11.0.